The van der Waals surface area contributed by atoms with Crippen molar-refractivity contribution in [3.63, 3.8) is 0 Å². The van der Waals surface area contributed by atoms with Gasteiger partial charge in [-0.2, -0.15) is 13.2 Å². The zero-order valence-corrected chi connectivity index (χ0v) is 20.2. The molecule has 0 radical (unpaired) electrons. The van der Waals surface area contributed by atoms with Crippen molar-refractivity contribution in [3.8, 4) is 11.4 Å². The fourth-order valence-electron chi connectivity index (χ4n) is 5.79. The Morgan fingerprint density at radius 3 is 2.50 bits per heavy atom. The van der Waals surface area contributed by atoms with Crippen LogP contribution >= 0.6 is 0 Å². The smallest absolute Gasteiger partial charge is 0.327 e. The summed E-state index contributed by atoms with van der Waals surface area (Å²) in [5.41, 5.74) is 1.09. The predicted octanol–water partition coefficient (Wildman–Crippen LogP) is 5.00. The average molecular weight is 498 g/mol. The van der Waals surface area contributed by atoms with Crippen LogP contribution in [0.15, 0.2) is 30.7 Å². The van der Waals surface area contributed by atoms with E-state index in [1.54, 1.807) is 6.20 Å². The van der Waals surface area contributed by atoms with E-state index < -0.39 is 11.6 Å². The number of rotatable bonds is 6. The molecule has 2 aliphatic heterocycles. The molecular formula is C27H30F3N5O. The van der Waals surface area contributed by atoms with Crippen molar-refractivity contribution in [1.82, 2.24) is 24.4 Å². The number of piperidine rings is 1. The molecule has 3 aliphatic rings. The molecule has 2 fully saturated rings. The standard InChI is InChI=1S/C27H30F3N5O/c28-27(29,30)26(6-7-26)17-34-9-4-18(5-10-34)24(36)13-21-11-19-12-22(32-15-20(19)14-31-21)23-16-33-25-3-1-2-8-35(23)25/h11-12,14-16,18H,1-10,13,17H2. The number of ketones is 1. The van der Waals surface area contributed by atoms with Crippen molar-refractivity contribution in [2.45, 2.75) is 64.1 Å². The lowest BCUT2D eigenvalue weighted by Crippen LogP contribution is -2.43. The predicted molar refractivity (Wildman–Crippen MR) is 129 cm³/mol. The Bertz CT molecular complexity index is 1290. The molecule has 0 N–H and O–H groups in total. The van der Waals surface area contributed by atoms with E-state index in [1.165, 1.54) is 0 Å². The summed E-state index contributed by atoms with van der Waals surface area (Å²) < 4.78 is 42.1. The summed E-state index contributed by atoms with van der Waals surface area (Å²) in [6, 6.07) is 4.00. The van der Waals surface area contributed by atoms with Crippen molar-refractivity contribution < 1.29 is 18.0 Å². The zero-order valence-electron chi connectivity index (χ0n) is 20.2. The normalized spacial score (nSPS) is 20.4. The molecule has 3 aromatic heterocycles. The molecule has 0 atom stereocenters. The summed E-state index contributed by atoms with van der Waals surface area (Å²) in [4.78, 5) is 28.6. The summed E-state index contributed by atoms with van der Waals surface area (Å²) >= 11 is 0. The minimum absolute atomic E-state index is 0.0698. The minimum atomic E-state index is -4.13. The fraction of sp³-hybridized carbons (Fsp3) is 0.556. The van der Waals surface area contributed by atoms with Crippen LogP contribution in [0.5, 0.6) is 0 Å². The number of pyridine rings is 2. The second-order valence-electron chi connectivity index (χ2n) is 10.7. The molecule has 1 saturated heterocycles. The number of aryl methyl sites for hydroxylation is 1. The van der Waals surface area contributed by atoms with Crippen LogP contribution < -0.4 is 0 Å². The summed E-state index contributed by atoms with van der Waals surface area (Å²) in [6.07, 6.45) is 6.56. The second-order valence-corrected chi connectivity index (χ2v) is 10.7. The maximum Gasteiger partial charge on any atom is 0.395 e. The fourth-order valence-corrected chi connectivity index (χ4v) is 5.79. The number of likely N-dealkylation sites (tertiary alicyclic amines) is 1. The molecule has 5 heterocycles. The third-order valence-corrected chi connectivity index (χ3v) is 8.27. The van der Waals surface area contributed by atoms with Gasteiger partial charge < -0.3 is 9.47 Å². The highest BCUT2D eigenvalue weighted by Gasteiger charge is 2.63. The quantitative estimate of drug-likeness (QED) is 0.480. The van der Waals surface area contributed by atoms with Crippen molar-refractivity contribution in [3.05, 3.63) is 42.2 Å². The van der Waals surface area contributed by atoms with Gasteiger partial charge in [0.25, 0.3) is 0 Å². The first kappa shape index (κ1) is 23.6. The van der Waals surface area contributed by atoms with E-state index in [1.807, 2.05) is 29.4 Å². The molecule has 0 bridgehead atoms. The molecule has 6 nitrogen and oxygen atoms in total. The summed E-state index contributed by atoms with van der Waals surface area (Å²) in [5, 5.41) is 1.90. The van der Waals surface area contributed by atoms with Crippen LogP contribution in [-0.4, -0.2) is 56.0 Å². The molecule has 0 aromatic carbocycles. The van der Waals surface area contributed by atoms with Gasteiger partial charge in [0.05, 0.1) is 23.0 Å². The van der Waals surface area contributed by atoms with E-state index in [-0.39, 0.29) is 37.5 Å². The zero-order chi connectivity index (χ0) is 24.9. The van der Waals surface area contributed by atoms with E-state index in [0.717, 1.165) is 59.5 Å². The molecule has 36 heavy (non-hydrogen) atoms. The number of aromatic nitrogens is 4. The first-order valence-corrected chi connectivity index (χ1v) is 12.9. The second kappa shape index (κ2) is 8.94. The number of hydrogen-bond acceptors (Lipinski definition) is 5. The first-order chi connectivity index (χ1) is 17.3. The van der Waals surface area contributed by atoms with Crippen molar-refractivity contribution in [1.29, 1.82) is 0 Å². The number of imidazole rings is 1. The van der Waals surface area contributed by atoms with E-state index in [0.29, 0.717) is 25.9 Å². The Morgan fingerprint density at radius 1 is 0.972 bits per heavy atom. The van der Waals surface area contributed by atoms with E-state index in [9.17, 15) is 18.0 Å². The molecule has 0 spiro atoms. The Balaban J connectivity index is 1.11. The van der Waals surface area contributed by atoms with Gasteiger partial charge in [0.1, 0.15) is 11.6 Å². The number of carbonyl (C=O) groups is 1. The van der Waals surface area contributed by atoms with Crippen LogP contribution in [-0.2, 0) is 24.2 Å². The Hall–Kier alpha value is -2.81. The number of hydrogen-bond donors (Lipinski definition) is 0. The molecule has 1 saturated carbocycles. The molecule has 0 amide bonds. The van der Waals surface area contributed by atoms with Crippen LogP contribution in [0, 0.1) is 11.3 Å². The molecule has 190 valence electrons. The van der Waals surface area contributed by atoms with Crippen LogP contribution in [0.4, 0.5) is 13.2 Å². The molecule has 9 heteroatoms. The lowest BCUT2D eigenvalue weighted by Gasteiger charge is -2.34. The summed E-state index contributed by atoms with van der Waals surface area (Å²) in [7, 11) is 0. The van der Waals surface area contributed by atoms with E-state index in [2.05, 4.69) is 19.5 Å². The van der Waals surface area contributed by atoms with Crippen molar-refractivity contribution in [2.24, 2.45) is 11.3 Å². The summed E-state index contributed by atoms with van der Waals surface area (Å²) in [6.45, 7) is 2.12. The first-order valence-electron chi connectivity index (χ1n) is 12.9. The lowest BCUT2D eigenvalue weighted by molar-refractivity contribution is -0.192. The highest BCUT2D eigenvalue weighted by atomic mass is 19.4. The monoisotopic (exact) mass is 497 g/mol. The minimum Gasteiger partial charge on any atom is -0.327 e. The largest absolute Gasteiger partial charge is 0.395 e. The van der Waals surface area contributed by atoms with Gasteiger partial charge in [-0.25, -0.2) is 4.98 Å². The average Bonchev–Trinajstić information content (AvgIpc) is 3.54. The van der Waals surface area contributed by atoms with E-state index >= 15 is 0 Å². The maximum atomic E-state index is 13.3. The molecule has 3 aromatic rings. The Labute approximate surface area is 207 Å². The lowest BCUT2D eigenvalue weighted by atomic mass is 9.89. The van der Waals surface area contributed by atoms with Crippen LogP contribution in [0.25, 0.3) is 22.2 Å². The van der Waals surface area contributed by atoms with Crippen molar-refractivity contribution in [2.75, 3.05) is 19.6 Å². The maximum absolute atomic E-state index is 13.3. The summed E-state index contributed by atoms with van der Waals surface area (Å²) in [5.74, 6) is 1.11. The van der Waals surface area contributed by atoms with Crippen molar-refractivity contribution >= 4 is 16.6 Å². The number of halogens is 3. The highest BCUT2D eigenvalue weighted by molar-refractivity contribution is 5.87. The third kappa shape index (κ3) is 4.42. The topological polar surface area (TPSA) is 63.9 Å². The molecular weight excluding hydrogens is 467 g/mol. The van der Waals surface area contributed by atoms with Crippen LogP contribution in [0.3, 0.4) is 0 Å². The third-order valence-electron chi connectivity index (χ3n) is 8.27. The van der Waals surface area contributed by atoms with Gasteiger partial charge in [0, 0.05) is 55.3 Å². The number of alkyl halides is 3. The van der Waals surface area contributed by atoms with Crippen LogP contribution in [0.1, 0.15) is 50.0 Å². The van der Waals surface area contributed by atoms with Gasteiger partial charge in [-0.05, 0) is 69.1 Å². The van der Waals surface area contributed by atoms with Gasteiger partial charge in [-0.1, -0.05) is 0 Å². The molecule has 0 unspecified atom stereocenters. The van der Waals surface area contributed by atoms with Gasteiger partial charge >= 0.3 is 6.18 Å². The number of Topliss-reactive ketones (excluding diaryl/α,β-unsaturated/α-hetero) is 1. The van der Waals surface area contributed by atoms with E-state index in [4.69, 9.17) is 0 Å². The Kier molecular flexibility index (Phi) is 5.85. The van der Waals surface area contributed by atoms with Crippen LogP contribution in [0.2, 0.25) is 0 Å². The number of fused-ring (bicyclic) bond motifs is 2. The Morgan fingerprint density at radius 2 is 1.75 bits per heavy atom. The van der Waals surface area contributed by atoms with Gasteiger partial charge in [-0.3, -0.25) is 14.8 Å². The van der Waals surface area contributed by atoms with Gasteiger partial charge in [0.2, 0.25) is 0 Å². The SMILES string of the molecule is O=C(Cc1cc2cc(-c3cnc4n3CCCC4)ncc2cn1)C1CCN(CC2(C(F)(F)F)CC2)CC1. The van der Waals surface area contributed by atoms with Gasteiger partial charge in [0.15, 0.2) is 0 Å². The van der Waals surface area contributed by atoms with Gasteiger partial charge in [-0.15, -0.1) is 0 Å². The number of nitrogens with zero attached hydrogens (tertiary/aromatic N) is 5. The molecule has 1 aliphatic carbocycles. The molecule has 6 rings (SSSR count). The highest BCUT2D eigenvalue weighted by Crippen LogP contribution is 2.58. The number of carbonyl (C=O) groups excluding carboxylic acids is 1.